The molecule has 0 spiro atoms. The van der Waals surface area contributed by atoms with Crippen LogP contribution >= 0.6 is 12.6 Å². The van der Waals surface area contributed by atoms with Gasteiger partial charge in [-0.2, -0.15) is 0 Å². The Labute approximate surface area is 88.7 Å². The molecule has 0 aromatic heterocycles. The maximum absolute atomic E-state index is 12.4. The molecule has 0 fully saturated rings. The molecule has 0 unspecified atom stereocenters. The molecule has 78 valence electrons. The number of hydrogen-bond acceptors (Lipinski definition) is 3. The maximum atomic E-state index is 12.4. The van der Waals surface area contributed by atoms with Crippen molar-refractivity contribution in [2.24, 2.45) is 5.73 Å². The van der Waals surface area contributed by atoms with E-state index in [2.05, 4.69) is 12.6 Å². The van der Waals surface area contributed by atoms with Crippen molar-refractivity contribution in [1.82, 2.24) is 0 Å². The molecule has 0 heterocycles. The number of thiol groups is 1. The summed E-state index contributed by atoms with van der Waals surface area (Å²) in [6, 6.07) is 6.72. The molecule has 0 aliphatic rings. The number of alkyl halides is 1. The van der Waals surface area contributed by atoms with Gasteiger partial charge in [-0.3, -0.25) is 0 Å². The van der Waals surface area contributed by atoms with Gasteiger partial charge in [0.05, 0.1) is 12.1 Å². The summed E-state index contributed by atoms with van der Waals surface area (Å²) in [6.45, 7) is -0.596. The SMILES string of the molecule is CO[C@H](c1ccc(S)cc1)[C@H](N)CF. The number of halogens is 1. The van der Waals surface area contributed by atoms with Crippen LogP contribution in [0.2, 0.25) is 0 Å². The molecule has 14 heavy (non-hydrogen) atoms. The van der Waals surface area contributed by atoms with Gasteiger partial charge in [-0.1, -0.05) is 12.1 Å². The first kappa shape index (κ1) is 11.5. The summed E-state index contributed by atoms with van der Waals surface area (Å²) < 4.78 is 17.5. The Morgan fingerprint density at radius 3 is 2.43 bits per heavy atom. The van der Waals surface area contributed by atoms with E-state index in [0.717, 1.165) is 10.5 Å². The third-order valence-corrected chi connectivity index (χ3v) is 2.34. The number of benzene rings is 1. The first-order valence-electron chi connectivity index (χ1n) is 4.32. The lowest BCUT2D eigenvalue weighted by Crippen LogP contribution is -2.31. The van der Waals surface area contributed by atoms with Crippen LogP contribution in [0, 0.1) is 0 Å². The van der Waals surface area contributed by atoms with E-state index in [-0.39, 0.29) is 0 Å². The van der Waals surface area contributed by atoms with Crippen LogP contribution < -0.4 is 5.73 Å². The van der Waals surface area contributed by atoms with Gasteiger partial charge in [-0.25, -0.2) is 4.39 Å². The highest BCUT2D eigenvalue weighted by Gasteiger charge is 2.18. The van der Waals surface area contributed by atoms with Gasteiger partial charge in [0.2, 0.25) is 0 Å². The van der Waals surface area contributed by atoms with E-state index in [1.807, 2.05) is 24.3 Å². The van der Waals surface area contributed by atoms with Gasteiger partial charge in [-0.15, -0.1) is 12.6 Å². The minimum absolute atomic E-state index is 0.395. The number of methoxy groups -OCH3 is 1. The van der Waals surface area contributed by atoms with Gasteiger partial charge >= 0.3 is 0 Å². The number of rotatable bonds is 4. The monoisotopic (exact) mass is 215 g/mol. The van der Waals surface area contributed by atoms with Gasteiger partial charge in [0.25, 0.3) is 0 Å². The van der Waals surface area contributed by atoms with Crippen LogP contribution in [0.25, 0.3) is 0 Å². The van der Waals surface area contributed by atoms with Gasteiger partial charge in [0.15, 0.2) is 0 Å². The topological polar surface area (TPSA) is 35.2 Å². The van der Waals surface area contributed by atoms with Crippen LogP contribution in [0.5, 0.6) is 0 Å². The van der Waals surface area contributed by atoms with Gasteiger partial charge in [0, 0.05) is 12.0 Å². The molecule has 0 aliphatic carbocycles. The van der Waals surface area contributed by atoms with Crippen molar-refractivity contribution in [3.8, 4) is 0 Å². The average Bonchev–Trinajstić information content (AvgIpc) is 2.21. The van der Waals surface area contributed by atoms with Crippen molar-refractivity contribution in [2.75, 3.05) is 13.8 Å². The lowest BCUT2D eigenvalue weighted by atomic mass is 10.0. The van der Waals surface area contributed by atoms with E-state index in [9.17, 15) is 4.39 Å². The molecular weight excluding hydrogens is 201 g/mol. The summed E-state index contributed by atoms with van der Waals surface area (Å²) in [7, 11) is 1.52. The Kier molecular flexibility index (Phi) is 4.38. The van der Waals surface area contributed by atoms with Gasteiger partial charge in [-0.05, 0) is 17.7 Å². The standard InChI is InChI=1S/C10H14FNOS/c1-13-10(9(12)6-11)7-2-4-8(14)5-3-7/h2-5,9-10,14H,6,12H2,1H3/t9-,10-/m1/s1. The molecule has 1 rings (SSSR count). The largest absolute Gasteiger partial charge is 0.375 e. The highest BCUT2D eigenvalue weighted by Crippen LogP contribution is 2.21. The molecule has 0 saturated carbocycles. The van der Waals surface area contributed by atoms with Crippen molar-refractivity contribution in [3.63, 3.8) is 0 Å². The summed E-state index contributed by atoms with van der Waals surface area (Å²) in [5.41, 5.74) is 6.45. The van der Waals surface area contributed by atoms with Crippen molar-refractivity contribution in [2.45, 2.75) is 17.0 Å². The van der Waals surface area contributed by atoms with E-state index in [4.69, 9.17) is 10.5 Å². The van der Waals surface area contributed by atoms with Crippen molar-refractivity contribution in [3.05, 3.63) is 29.8 Å². The summed E-state index contributed by atoms with van der Waals surface area (Å²) in [5, 5.41) is 0. The second-order valence-electron chi connectivity index (χ2n) is 3.07. The highest BCUT2D eigenvalue weighted by molar-refractivity contribution is 7.80. The molecule has 1 aromatic rings. The van der Waals surface area contributed by atoms with E-state index < -0.39 is 18.8 Å². The van der Waals surface area contributed by atoms with Crippen LogP contribution in [-0.2, 0) is 4.74 Å². The Balaban J connectivity index is 2.84. The molecule has 2 N–H and O–H groups in total. The fourth-order valence-corrected chi connectivity index (χ4v) is 1.45. The second-order valence-corrected chi connectivity index (χ2v) is 3.58. The predicted molar refractivity (Wildman–Crippen MR) is 57.4 cm³/mol. The lowest BCUT2D eigenvalue weighted by molar-refractivity contribution is 0.0720. The minimum Gasteiger partial charge on any atom is -0.375 e. The van der Waals surface area contributed by atoms with E-state index in [1.165, 1.54) is 7.11 Å². The first-order chi connectivity index (χ1) is 6.69. The molecule has 1 aromatic carbocycles. The van der Waals surface area contributed by atoms with Gasteiger partial charge in [0.1, 0.15) is 6.67 Å². The second kappa shape index (κ2) is 5.34. The first-order valence-corrected chi connectivity index (χ1v) is 4.77. The van der Waals surface area contributed by atoms with Crippen LogP contribution in [-0.4, -0.2) is 19.8 Å². The van der Waals surface area contributed by atoms with Crippen LogP contribution in [0.1, 0.15) is 11.7 Å². The Morgan fingerprint density at radius 2 is 2.00 bits per heavy atom. The predicted octanol–water partition coefficient (Wildman–Crippen LogP) is 1.96. The minimum atomic E-state index is -0.620. The van der Waals surface area contributed by atoms with Crippen LogP contribution in [0.3, 0.4) is 0 Å². The molecule has 0 bridgehead atoms. The number of hydrogen-bond donors (Lipinski definition) is 2. The lowest BCUT2D eigenvalue weighted by Gasteiger charge is -2.20. The number of nitrogens with two attached hydrogens (primary N) is 1. The molecule has 2 nitrogen and oxygen atoms in total. The highest BCUT2D eigenvalue weighted by atomic mass is 32.1. The Morgan fingerprint density at radius 1 is 1.43 bits per heavy atom. The Bertz CT molecular complexity index is 278. The Hall–Kier alpha value is -0.580. The van der Waals surface area contributed by atoms with Crippen molar-refractivity contribution in [1.29, 1.82) is 0 Å². The quantitative estimate of drug-likeness (QED) is 0.753. The van der Waals surface area contributed by atoms with E-state index in [0.29, 0.717) is 0 Å². The van der Waals surface area contributed by atoms with Crippen LogP contribution in [0.4, 0.5) is 4.39 Å². The zero-order valence-corrected chi connectivity index (χ0v) is 8.88. The normalized spacial score (nSPS) is 15.1. The van der Waals surface area contributed by atoms with Gasteiger partial charge < -0.3 is 10.5 Å². The summed E-state index contributed by atoms with van der Waals surface area (Å²) in [6.07, 6.45) is -0.395. The maximum Gasteiger partial charge on any atom is 0.107 e. The van der Waals surface area contributed by atoms with Crippen molar-refractivity contribution >= 4 is 12.6 Å². The molecule has 0 radical (unpaired) electrons. The fourth-order valence-electron chi connectivity index (χ4n) is 1.30. The fraction of sp³-hybridized carbons (Fsp3) is 0.400. The molecule has 0 saturated heterocycles. The number of ether oxygens (including phenoxy) is 1. The summed E-state index contributed by atoms with van der Waals surface area (Å²) >= 11 is 4.16. The van der Waals surface area contributed by atoms with Crippen molar-refractivity contribution < 1.29 is 9.13 Å². The molecule has 0 aliphatic heterocycles. The van der Waals surface area contributed by atoms with E-state index >= 15 is 0 Å². The zero-order valence-electron chi connectivity index (χ0n) is 7.98. The molecule has 0 amide bonds. The average molecular weight is 215 g/mol. The molecule has 2 atom stereocenters. The third-order valence-electron chi connectivity index (χ3n) is 2.04. The van der Waals surface area contributed by atoms with E-state index in [1.54, 1.807) is 0 Å². The smallest absolute Gasteiger partial charge is 0.107 e. The molecule has 4 heteroatoms. The summed E-state index contributed by atoms with van der Waals surface area (Å²) in [4.78, 5) is 0.859. The molecular formula is C10H14FNOS. The zero-order chi connectivity index (χ0) is 10.6. The summed E-state index contributed by atoms with van der Waals surface area (Å²) in [5.74, 6) is 0. The van der Waals surface area contributed by atoms with Crippen LogP contribution in [0.15, 0.2) is 29.2 Å². The third kappa shape index (κ3) is 2.70.